The molecule has 0 unspecified atom stereocenters. The van der Waals surface area contributed by atoms with Crippen molar-refractivity contribution in [2.24, 2.45) is 0 Å². The second-order valence-electron chi connectivity index (χ2n) is 7.37. The van der Waals surface area contributed by atoms with Gasteiger partial charge in [-0.3, -0.25) is 4.79 Å². The first-order valence-corrected chi connectivity index (χ1v) is 11.3. The zero-order valence-electron chi connectivity index (χ0n) is 17.7. The minimum atomic E-state index is -0.572. The summed E-state index contributed by atoms with van der Waals surface area (Å²) in [5.74, 6) is -0.0267. The summed E-state index contributed by atoms with van der Waals surface area (Å²) < 4.78 is 6.08. The summed E-state index contributed by atoms with van der Waals surface area (Å²) in [7, 11) is 0. The smallest absolute Gasteiger partial charge is 0.266 e. The third-order valence-corrected chi connectivity index (χ3v) is 6.06. The predicted octanol–water partition coefficient (Wildman–Crippen LogP) is 7.92. The number of nitriles is 1. The van der Waals surface area contributed by atoms with E-state index in [1.165, 1.54) is 12.1 Å². The van der Waals surface area contributed by atoms with E-state index in [4.69, 9.17) is 39.5 Å². The van der Waals surface area contributed by atoms with Crippen molar-refractivity contribution in [1.29, 1.82) is 5.26 Å². The maximum absolute atomic E-state index is 12.9. The van der Waals surface area contributed by atoms with Crippen molar-refractivity contribution in [1.82, 2.24) is 0 Å². The molecule has 0 heterocycles. The Morgan fingerprint density at radius 1 is 0.941 bits per heavy atom. The van der Waals surface area contributed by atoms with E-state index in [0.717, 1.165) is 16.3 Å². The van der Waals surface area contributed by atoms with Crippen molar-refractivity contribution < 1.29 is 9.53 Å². The number of hydrogen-bond acceptors (Lipinski definition) is 3. The lowest BCUT2D eigenvalue weighted by Crippen LogP contribution is -2.13. The Morgan fingerprint density at radius 2 is 1.71 bits per heavy atom. The van der Waals surface area contributed by atoms with Crippen molar-refractivity contribution in [3.63, 3.8) is 0 Å². The highest BCUT2D eigenvalue weighted by molar-refractivity contribution is 6.42. The van der Waals surface area contributed by atoms with Gasteiger partial charge in [-0.2, -0.15) is 5.26 Å². The number of anilines is 1. The molecule has 0 bridgehead atoms. The van der Waals surface area contributed by atoms with Crippen LogP contribution >= 0.6 is 34.8 Å². The van der Waals surface area contributed by atoms with Gasteiger partial charge in [0.1, 0.15) is 24.0 Å². The molecule has 0 radical (unpaired) electrons. The molecule has 0 fully saturated rings. The number of ether oxygens (including phenoxy) is 1. The number of rotatable bonds is 6. The highest BCUT2D eigenvalue weighted by Gasteiger charge is 2.14. The maximum atomic E-state index is 12.9. The molecule has 4 nitrogen and oxygen atoms in total. The van der Waals surface area contributed by atoms with Gasteiger partial charge < -0.3 is 10.1 Å². The predicted molar refractivity (Wildman–Crippen MR) is 138 cm³/mol. The molecule has 0 atom stereocenters. The Bertz CT molecular complexity index is 1440. The molecule has 0 saturated heterocycles. The molecule has 0 spiro atoms. The lowest BCUT2D eigenvalue weighted by atomic mass is 10.0. The van der Waals surface area contributed by atoms with Gasteiger partial charge in [0.2, 0.25) is 0 Å². The quantitative estimate of drug-likeness (QED) is 0.213. The number of benzene rings is 4. The fraction of sp³-hybridized carbons (Fsp3) is 0.0370. The van der Waals surface area contributed by atoms with Gasteiger partial charge in [-0.05, 0) is 58.8 Å². The van der Waals surface area contributed by atoms with E-state index in [1.807, 2.05) is 54.6 Å². The van der Waals surface area contributed by atoms with Crippen molar-refractivity contribution >= 4 is 63.2 Å². The van der Waals surface area contributed by atoms with Crippen LogP contribution in [0, 0.1) is 11.3 Å². The number of hydrogen-bond donors (Lipinski definition) is 1. The van der Waals surface area contributed by atoms with Crippen molar-refractivity contribution in [3.05, 3.63) is 111 Å². The molecule has 168 valence electrons. The summed E-state index contributed by atoms with van der Waals surface area (Å²) in [6.07, 6.45) is 1.53. The molecule has 0 aliphatic rings. The molecule has 0 aliphatic carbocycles. The lowest BCUT2D eigenvalue weighted by molar-refractivity contribution is -0.112. The van der Waals surface area contributed by atoms with Crippen LogP contribution in [0.25, 0.3) is 16.8 Å². The summed E-state index contributed by atoms with van der Waals surface area (Å²) in [5, 5.41) is 15.6. The van der Waals surface area contributed by atoms with Crippen LogP contribution < -0.4 is 10.1 Å². The first kappa shape index (κ1) is 23.7. The van der Waals surface area contributed by atoms with Crippen LogP contribution in [0.2, 0.25) is 15.1 Å². The Kier molecular flexibility index (Phi) is 7.40. The van der Waals surface area contributed by atoms with Crippen molar-refractivity contribution in [2.45, 2.75) is 6.61 Å². The van der Waals surface area contributed by atoms with E-state index < -0.39 is 5.91 Å². The molecule has 4 aromatic rings. The van der Waals surface area contributed by atoms with Crippen molar-refractivity contribution in [2.75, 3.05) is 5.32 Å². The van der Waals surface area contributed by atoms with Gasteiger partial charge in [0.15, 0.2) is 0 Å². The van der Waals surface area contributed by atoms with E-state index in [0.29, 0.717) is 38.7 Å². The average molecular weight is 508 g/mol. The molecule has 1 N–H and O–H groups in total. The molecule has 0 saturated carbocycles. The van der Waals surface area contributed by atoms with Crippen LogP contribution in [0.5, 0.6) is 5.75 Å². The van der Waals surface area contributed by atoms with Crippen LogP contribution in [0.15, 0.2) is 84.4 Å². The normalized spacial score (nSPS) is 11.2. The number of amides is 1. The second kappa shape index (κ2) is 10.6. The largest absolute Gasteiger partial charge is 0.488 e. The SMILES string of the molecule is N#C/C(=C\c1c(OCc2ccc(Cl)cc2)ccc2ccccc12)C(=O)Nc1ccc(Cl)c(Cl)c1. The number of carbonyl (C=O) groups excluding carboxylic acids is 1. The van der Waals surface area contributed by atoms with Gasteiger partial charge in [-0.25, -0.2) is 0 Å². The summed E-state index contributed by atoms with van der Waals surface area (Å²) in [5.41, 5.74) is 1.91. The van der Waals surface area contributed by atoms with E-state index in [1.54, 1.807) is 24.3 Å². The Labute approximate surface area is 211 Å². The minimum Gasteiger partial charge on any atom is -0.488 e. The topological polar surface area (TPSA) is 62.1 Å². The Morgan fingerprint density at radius 3 is 2.44 bits per heavy atom. The molecule has 4 rings (SSSR count). The van der Waals surface area contributed by atoms with Gasteiger partial charge in [0.05, 0.1) is 10.0 Å². The van der Waals surface area contributed by atoms with Crippen LogP contribution in [0.4, 0.5) is 5.69 Å². The molecule has 0 aromatic heterocycles. The second-order valence-corrected chi connectivity index (χ2v) is 8.62. The van der Waals surface area contributed by atoms with E-state index >= 15 is 0 Å². The Hall–Kier alpha value is -3.49. The molecule has 4 aromatic carbocycles. The standard InChI is InChI=1S/C27H17Cl3N2O2/c28-20-8-5-17(6-9-20)16-34-26-12-7-18-3-1-2-4-22(18)23(26)13-19(15-31)27(33)32-21-10-11-24(29)25(30)14-21/h1-14H,16H2,(H,32,33)/b19-13+. The van der Waals surface area contributed by atoms with Gasteiger partial charge in [0, 0.05) is 16.3 Å². The highest BCUT2D eigenvalue weighted by Crippen LogP contribution is 2.31. The average Bonchev–Trinajstić information content (AvgIpc) is 2.84. The van der Waals surface area contributed by atoms with Crippen LogP contribution in [-0.2, 0) is 11.4 Å². The fourth-order valence-corrected chi connectivity index (χ4v) is 3.78. The van der Waals surface area contributed by atoms with Crippen molar-refractivity contribution in [3.8, 4) is 11.8 Å². The van der Waals surface area contributed by atoms with Crippen LogP contribution in [0.3, 0.4) is 0 Å². The lowest BCUT2D eigenvalue weighted by Gasteiger charge is -2.13. The molecule has 7 heteroatoms. The molecular formula is C27H17Cl3N2O2. The van der Waals surface area contributed by atoms with E-state index in [9.17, 15) is 10.1 Å². The highest BCUT2D eigenvalue weighted by atomic mass is 35.5. The molecule has 0 aliphatic heterocycles. The number of carbonyl (C=O) groups is 1. The maximum Gasteiger partial charge on any atom is 0.266 e. The first-order chi connectivity index (χ1) is 16.4. The third kappa shape index (κ3) is 5.52. The molecule has 1 amide bonds. The third-order valence-electron chi connectivity index (χ3n) is 5.07. The Balaban J connectivity index is 1.69. The number of nitrogens with one attached hydrogen (secondary N) is 1. The number of nitrogens with zero attached hydrogens (tertiary/aromatic N) is 1. The minimum absolute atomic E-state index is 0.0845. The summed E-state index contributed by atoms with van der Waals surface area (Å²) in [6, 6.07) is 25.5. The monoisotopic (exact) mass is 506 g/mol. The van der Waals surface area contributed by atoms with Gasteiger partial charge >= 0.3 is 0 Å². The first-order valence-electron chi connectivity index (χ1n) is 10.2. The van der Waals surface area contributed by atoms with E-state index in [-0.39, 0.29) is 5.57 Å². The summed E-state index contributed by atoms with van der Waals surface area (Å²) >= 11 is 17.9. The summed E-state index contributed by atoms with van der Waals surface area (Å²) in [4.78, 5) is 12.9. The van der Waals surface area contributed by atoms with E-state index in [2.05, 4.69) is 5.32 Å². The van der Waals surface area contributed by atoms with Crippen LogP contribution in [-0.4, -0.2) is 5.91 Å². The number of halogens is 3. The zero-order valence-corrected chi connectivity index (χ0v) is 20.0. The molecular weight excluding hydrogens is 491 g/mol. The fourth-order valence-electron chi connectivity index (χ4n) is 3.36. The number of fused-ring (bicyclic) bond motifs is 1. The van der Waals surface area contributed by atoms with Gasteiger partial charge in [0.25, 0.3) is 5.91 Å². The molecule has 34 heavy (non-hydrogen) atoms. The van der Waals surface area contributed by atoms with Gasteiger partial charge in [-0.1, -0.05) is 77.3 Å². The van der Waals surface area contributed by atoms with Gasteiger partial charge in [-0.15, -0.1) is 0 Å². The summed E-state index contributed by atoms with van der Waals surface area (Å²) in [6.45, 7) is 0.299. The van der Waals surface area contributed by atoms with Crippen LogP contribution in [0.1, 0.15) is 11.1 Å². The zero-order chi connectivity index (χ0) is 24.1.